The first kappa shape index (κ1) is 22.1. The lowest BCUT2D eigenvalue weighted by atomic mass is 10.1. The second-order valence-electron chi connectivity index (χ2n) is 6.02. The molecule has 0 aliphatic rings. The van der Waals surface area contributed by atoms with Crippen LogP contribution < -0.4 is 15.8 Å². The molecule has 1 heterocycles. The molecule has 1 atom stereocenters. The minimum absolute atomic E-state index is 0. The first-order valence-electron chi connectivity index (χ1n) is 8.89. The molecule has 0 amide bonds. The summed E-state index contributed by atoms with van der Waals surface area (Å²) >= 11 is 0. The van der Waals surface area contributed by atoms with Crippen molar-refractivity contribution in [1.29, 1.82) is 0 Å². The van der Waals surface area contributed by atoms with Gasteiger partial charge in [-0.25, -0.2) is 4.98 Å². The molecule has 2 rings (SSSR count). The van der Waals surface area contributed by atoms with Gasteiger partial charge in [0.2, 0.25) is 5.95 Å². The van der Waals surface area contributed by atoms with E-state index in [2.05, 4.69) is 34.3 Å². The smallest absolute Gasteiger partial charge is 0.222 e. The number of aryl methyl sites for hydroxylation is 1. The highest BCUT2D eigenvalue weighted by molar-refractivity contribution is 7.59. The Morgan fingerprint density at radius 2 is 2.00 bits per heavy atom. The summed E-state index contributed by atoms with van der Waals surface area (Å²) in [6.07, 6.45) is 6.09. The van der Waals surface area contributed by atoms with Crippen LogP contribution in [0.1, 0.15) is 38.2 Å². The quantitative estimate of drug-likeness (QED) is 0.520. The number of ether oxygens (including phenoxy) is 1. The van der Waals surface area contributed by atoms with Crippen molar-refractivity contribution in [3.05, 3.63) is 42.1 Å². The maximum Gasteiger partial charge on any atom is 0.222 e. The standard InChI is InChI=1S/C19H28N4O2.H2S/c1-2-7-16(11-12-24)22-18-17(14-21-19(20)23-18)25-13-6-10-15-8-4-3-5-9-15;/h3-5,8-9,14,16,24H,2,6-7,10-13H2,1H3,(H3,20,21,22,23);1H2/t16-;/m0./s1. The number of nitrogen functional groups attached to an aromatic ring is 1. The third kappa shape index (κ3) is 7.49. The fourth-order valence-electron chi connectivity index (χ4n) is 2.68. The number of nitrogens with one attached hydrogen (secondary N) is 1. The predicted octanol–water partition coefficient (Wildman–Crippen LogP) is 3.15. The van der Waals surface area contributed by atoms with Crippen LogP contribution in [0.5, 0.6) is 5.75 Å². The molecule has 144 valence electrons. The average Bonchev–Trinajstić information content (AvgIpc) is 2.61. The number of aliphatic hydroxyl groups is 1. The van der Waals surface area contributed by atoms with Crippen LogP contribution in [-0.2, 0) is 6.42 Å². The summed E-state index contributed by atoms with van der Waals surface area (Å²) in [7, 11) is 0. The van der Waals surface area contributed by atoms with Gasteiger partial charge in [-0.2, -0.15) is 18.5 Å². The summed E-state index contributed by atoms with van der Waals surface area (Å²) in [5.74, 6) is 1.40. The Hall–Kier alpha value is -1.99. The van der Waals surface area contributed by atoms with E-state index in [0.717, 1.165) is 25.7 Å². The van der Waals surface area contributed by atoms with E-state index in [4.69, 9.17) is 10.5 Å². The molecule has 1 aromatic heterocycles. The molecule has 0 aliphatic carbocycles. The number of hydrogen-bond acceptors (Lipinski definition) is 6. The minimum atomic E-state index is 0. The third-order valence-electron chi connectivity index (χ3n) is 3.94. The Morgan fingerprint density at radius 3 is 2.69 bits per heavy atom. The molecule has 0 saturated carbocycles. The molecular formula is C19H30N4O2S. The van der Waals surface area contributed by atoms with Gasteiger partial charge in [-0.15, -0.1) is 0 Å². The zero-order chi connectivity index (χ0) is 17.9. The number of aromatic nitrogens is 2. The number of rotatable bonds is 11. The van der Waals surface area contributed by atoms with E-state index in [0.29, 0.717) is 24.6 Å². The van der Waals surface area contributed by atoms with Crippen LogP contribution >= 0.6 is 13.5 Å². The Morgan fingerprint density at radius 1 is 1.23 bits per heavy atom. The molecule has 1 aromatic carbocycles. The van der Waals surface area contributed by atoms with E-state index in [1.165, 1.54) is 5.56 Å². The molecule has 0 aliphatic heterocycles. The largest absolute Gasteiger partial charge is 0.488 e. The summed E-state index contributed by atoms with van der Waals surface area (Å²) < 4.78 is 5.87. The molecule has 0 saturated heterocycles. The average molecular weight is 379 g/mol. The van der Waals surface area contributed by atoms with Gasteiger partial charge in [0.05, 0.1) is 12.8 Å². The van der Waals surface area contributed by atoms with E-state index in [9.17, 15) is 5.11 Å². The summed E-state index contributed by atoms with van der Waals surface area (Å²) in [5, 5.41) is 12.6. The van der Waals surface area contributed by atoms with Crippen LogP contribution in [0.4, 0.5) is 11.8 Å². The lowest BCUT2D eigenvalue weighted by Crippen LogP contribution is -2.22. The van der Waals surface area contributed by atoms with Crippen molar-refractivity contribution < 1.29 is 9.84 Å². The van der Waals surface area contributed by atoms with Crippen LogP contribution in [0.15, 0.2) is 36.5 Å². The molecule has 0 bridgehead atoms. The lowest BCUT2D eigenvalue weighted by Gasteiger charge is -2.19. The van der Waals surface area contributed by atoms with Crippen LogP contribution in [0.3, 0.4) is 0 Å². The van der Waals surface area contributed by atoms with E-state index < -0.39 is 0 Å². The summed E-state index contributed by atoms with van der Waals surface area (Å²) in [6, 6.07) is 10.5. The van der Waals surface area contributed by atoms with Crippen molar-refractivity contribution in [3.8, 4) is 5.75 Å². The molecule has 0 spiro atoms. The minimum Gasteiger partial charge on any atom is -0.488 e. The first-order chi connectivity index (χ1) is 12.2. The van der Waals surface area contributed by atoms with E-state index >= 15 is 0 Å². The highest BCUT2D eigenvalue weighted by atomic mass is 32.1. The molecule has 6 nitrogen and oxygen atoms in total. The molecule has 0 radical (unpaired) electrons. The Labute approximate surface area is 162 Å². The van der Waals surface area contributed by atoms with Gasteiger partial charge in [0.15, 0.2) is 11.6 Å². The SMILES string of the molecule is CCC[C@@H](CCO)Nc1nc(N)ncc1OCCCc1ccccc1.S. The second-order valence-corrected chi connectivity index (χ2v) is 6.02. The van der Waals surface area contributed by atoms with Gasteiger partial charge < -0.3 is 20.9 Å². The van der Waals surface area contributed by atoms with Crippen molar-refractivity contribution >= 4 is 25.3 Å². The summed E-state index contributed by atoms with van der Waals surface area (Å²) in [6.45, 7) is 2.82. The van der Waals surface area contributed by atoms with Crippen molar-refractivity contribution in [2.45, 2.75) is 45.1 Å². The lowest BCUT2D eigenvalue weighted by molar-refractivity contribution is 0.276. The third-order valence-corrected chi connectivity index (χ3v) is 3.94. The Bertz CT molecular complexity index is 622. The van der Waals surface area contributed by atoms with Gasteiger partial charge in [-0.05, 0) is 31.2 Å². The molecule has 26 heavy (non-hydrogen) atoms. The van der Waals surface area contributed by atoms with Gasteiger partial charge in [0.25, 0.3) is 0 Å². The van der Waals surface area contributed by atoms with E-state index in [-0.39, 0.29) is 32.1 Å². The molecule has 2 aromatic rings. The molecule has 7 heteroatoms. The fourth-order valence-corrected chi connectivity index (χ4v) is 2.68. The number of nitrogens with zero attached hydrogens (tertiary/aromatic N) is 2. The van der Waals surface area contributed by atoms with Gasteiger partial charge in [0.1, 0.15) is 0 Å². The second kappa shape index (κ2) is 12.4. The summed E-state index contributed by atoms with van der Waals surface area (Å²) in [5.41, 5.74) is 7.01. The number of benzene rings is 1. The number of nitrogens with two attached hydrogens (primary N) is 1. The normalized spacial score (nSPS) is 11.5. The molecular weight excluding hydrogens is 348 g/mol. The van der Waals surface area contributed by atoms with Gasteiger partial charge >= 0.3 is 0 Å². The van der Waals surface area contributed by atoms with Crippen LogP contribution in [0.25, 0.3) is 0 Å². The van der Waals surface area contributed by atoms with Crippen molar-refractivity contribution in [2.75, 3.05) is 24.3 Å². The zero-order valence-electron chi connectivity index (χ0n) is 15.3. The molecule has 0 fully saturated rings. The van der Waals surface area contributed by atoms with Crippen molar-refractivity contribution in [3.63, 3.8) is 0 Å². The Kier molecular flexibility index (Phi) is 10.5. The van der Waals surface area contributed by atoms with E-state index in [1.54, 1.807) is 6.20 Å². The molecule has 4 N–H and O–H groups in total. The predicted molar refractivity (Wildman–Crippen MR) is 111 cm³/mol. The summed E-state index contributed by atoms with van der Waals surface area (Å²) in [4.78, 5) is 8.29. The van der Waals surface area contributed by atoms with Gasteiger partial charge in [-0.1, -0.05) is 43.7 Å². The number of anilines is 2. The number of aliphatic hydroxyl groups excluding tert-OH is 1. The van der Waals surface area contributed by atoms with Crippen LogP contribution in [-0.4, -0.2) is 34.3 Å². The van der Waals surface area contributed by atoms with Crippen molar-refractivity contribution in [2.24, 2.45) is 0 Å². The van der Waals surface area contributed by atoms with Crippen LogP contribution in [0, 0.1) is 0 Å². The number of hydrogen-bond donors (Lipinski definition) is 3. The van der Waals surface area contributed by atoms with E-state index in [1.807, 2.05) is 18.2 Å². The van der Waals surface area contributed by atoms with Crippen LogP contribution in [0.2, 0.25) is 0 Å². The highest BCUT2D eigenvalue weighted by Crippen LogP contribution is 2.24. The highest BCUT2D eigenvalue weighted by Gasteiger charge is 2.13. The van der Waals surface area contributed by atoms with Crippen molar-refractivity contribution in [1.82, 2.24) is 9.97 Å². The topological polar surface area (TPSA) is 93.3 Å². The maximum atomic E-state index is 9.22. The zero-order valence-corrected chi connectivity index (χ0v) is 16.3. The maximum absolute atomic E-state index is 9.22. The first-order valence-corrected chi connectivity index (χ1v) is 8.89. The Balaban J connectivity index is 0.00000338. The van der Waals surface area contributed by atoms with Gasteiger partial charge in [0, 0.05) is 12.6 Å². The monoisotopic (exact) mass is 378 g/mol. The van der Waals surface area contributed by atoms with Gasteiger partial charge in [-0.3, -0.25) is 0 Å². The fraction of sp³-hybridized carbons (Fsp3) is 0.474. The molecule has 0 unspecified atom stereocenters.